The van der Waals surface area contributed by atoms with E-state index in [-0.39, 0.29) is 24.9 Å². The van der Waals surface area contributed by atoms with Crippen LogP contribution in [-0.4, -0.2) is 30.1 Å². The molecule has 0 saturated carbocycles. The zero-order valence-corrected chi connectivity index (χ0v) is 15.8. The average Bonchev–Trinajstić information content (AvgIpc) is 2.48. The highest BCUT2D eigenvalue weighted by atomic mass is 127. The van der Waals surface area contributed by atoms with Crippen LogP contribution >= 0.6 is 45.2 Å². The molecule has 1 aromatic carbocycles. The molecular weight excluding hydrogens is 509 g/mol. The van der Waals surface area contributed by atoms with Crippen molar-refractivity contribution in [1.29, 1.82) is 0 Å². The smallest absolute Gasteiger partial charge is 0.334 e. The third kappa shape index (κ3) is 3.65. The molecule has 21 heavy (non-hydrogen) atoms. The number of hydrogen-bond acceptors (Lipinski definition) is 1. The van der Waals surface area contributed by atoms with Crippen LogP contribution in [0.4, 0.5) is 13.2 Å². The Morgan fingerprint density at radius 3 is 1.81 bits per heavy atom. The number of carbonyl (C=O) groups excluding carboxylic acids is 1. The lowest BCUT2D eigenvalue weighted by atomic mass is 9.91. The first-order valence-electron chi connectivity index (χ1n) is 6.46. The van der Waals surface area contributed by atoms with Crippen molar-refractivity contribution in [1.82, 2.24) is 4.90 Å². The molecule has 116 valence electrons. The number of nitrogens with zero attached hydrogens (tertiary/aromatic N) is 1. The van der Waals surface area contributed by atoms with E-state index in [2.05, 4.69) is 45.2 Å². The van der Waals surface area contributed by atoms with E-state index in [0.29, 0.717) is 0 Å². The van der Waals surface area contributed by atoms with Gasteiger partial charge in [0.05, 0.1) is 0 Å². The molecule has 2 atom stereocenters. The van der Waals surface area contributed by atoms with Crippen molar-refractivity contribution in [2.75, 3.05) is 13.1 Å². The van der Waals surface area contributed by atoms with Gasteiger partial charge in [0.25, 0.3) is 0 Å². The summed E-state index contributed by atoms with van der Waals surface area (Å²) < 4.78 is 40.2. The molecule has 0 bridgehead atoms. The minimum atomic E-state index is -4.81. The van der Waals surface area contributed by atoms with Crippen LogP contribution in [0.15, 0.2) is 12.1 Å². The first kappa shape index (κ1) is 17.3. The number of amides is 1. The summed E-state index contributed by atoms with van der Waals surface area (Å²) >= 11 is 4.45. The molecule has 0 N–H and O–H groups in total. The highest BCUT2D eigenvalue weighted by molar-refractivity contribution is 14.1. The van der Waals surface area contributed by atoms with E-state index in [9.17, 15) is 18.0 Å². The van der Waals surface area contributed by atoms with Crippen molar-refractivity contribution in [3.8, 4) is 0 Å². The van der Waals surface area contributed by atoms with Gasteiger partial charge in [-0.1, -0.05) is 13.8 Å². The minimum Gasteiger partial charge on any atom is -0.334 e. The summed E-state index contributed by atoms with van der Waals surface area (Å²) in [5, 5.41) is 0. The molecule has 1 unspecified atom stereocenters. The van der Waals surface area contributed by atoms with Crippen molar-refractivity contribution < 1.29 is 18.0 Å². The Balaban J connectivity index is 2.40. The summed E-state index contributed by atoms with van der Waals surface area (Å²) in [6, 6.07) is 4.06. The standard InChI is InChI=1S/C14H14F3I2NO/c1-7-5-20(13(21)14(15,16)17)6-8(2)10-4-12(19)11(18)3-9(7)10/h3-4,7-8H,5-6H2,1-2H3/t7-,8?/m0/s1. The van der Waals surface area contributed by atoms with Crippen molar-refractivity contribution in [2.45, 2.75) is 31.9 Å². The van der Waals surface area contributed by atoms with Gasteiger partial charge in [-0.2, -0.15) is 13.2 Å². The van der Waals surface area contributed by atoms with Crippen LogP contribution in [0, 0.1) is 7.14 Å². The Labute approximate surface area is 148 Å². The fourth-order valence-corrected chi connectivity index (χ4v) is 3.69. The second-order valence-corrected chi connectivity index (χ2v) is 7.73. The maximum absolute atomic E-state index is 12.7. The molecule has 1 aromatic rings. The van der Waals surface area contributed by atoms with E-state index < -0.39 is 12.1 Å². The lowest BCUT2D eigenvalue weighted by Crippen LogP contribution is -2.43. The predicted molar refractivity (Wildman–Crippen MR) is 91.3 cm³/mol. The quantitative estimate of drug-likeness (QED) is 0.459. The SMILES string of the molecule is CC1CN(C(=O)C(F)(F)F)C[C@H](C)c2cc(I)c(I)cc21. The van der Waals surface area contributed by atoms with Crippen LogP contribution in [-0.2, 0) is 4.79 Å². The third-order valence-corrected chi connectivity index (χ3v) is 6.52. The van der Waals surface area contributed by atoms with Crippen LogP contribution in [0.25, 0.3) is 0 Å². The summed E-state index contributed by atoms with van der Waals surface area (Å²) in [5.74, 6) is -1.96. The molecule has 0 spiro atoms. The fourth-order valence-electron chi connectivity index (χ4n) is 2.71. The van der Waals surface area contributed by atoms with E-state index in [1.807, 2.05) is 26.0 Å². The fraction of sp³-hybridized carbons (Fsp3) is 0.500. The minimum absolute atomic E-state index is 0.104. The molecule has 1 heterocycles. The summed E-state index contributed by atoms with van der Waals surface area (Å²) in [4.78, 5) is 12.5. The molecule has 7 heteroatoms. The number of rotatable bonds is 0. The molecule has 0 saturated heterocycles. The van der Waals surface area contributed by atoms with Crippen molar-refractivity contribution in [2.24, 2.45) is 0 Å². The molecule has 0 radical (unpaired) electrons. The maximum atomic E-state index is 12.7. The third-order valence-electron chi connectivity index (χ3n) is 3.71. The second kappa shape index (κ2) is 6.21. The molecule has 2 nitrogen and oxygen atoms in total. The number of alkyl halides is 3. The van der Waals surface area contributed by atoms with E-state index in [0.717, 1.165) is 23.2 Å². The first-order chi connectivity index (χ1) is 9.61. The van der Waals surface area contributed by atoms with Gasteiger partial charge in [0, 0.05) is 20.2 Å². The van der Waals surface area contributed by atoms with Gasteiger partial charge in [-0.25, -0.2) is 0 Å². The van der Waals surface area contributed by atoms with Gasteiger partial charge in [0.1, 0.15) is 0 Å². The van der Waals surface area contributed by atoms with Crippen molar-refractivity contribution in [3.05, 3.63) is 30.4 Å². The Bertz CT molecular complexity index is 537. The summed E-state index contributed by atoms with van der Waals surface area (Å²) in [6.07, 6.45) is -4.81. The van der Waals surface area contributed by atoms with Crippen LogP contribution < -0.4 is 0 Å². The number of benzene rings is 1. The summed E-state index contributed by atoms with van der Waals surface area (Å²) in [5.41, 5.74) is 2.09. The number of halogens is 5. The van der Waals surface area contributed by atoms with E-state index in [1.165, 1.54) is 0 Å². The van der Waals surface area contributed by atoms with Crippen LogP contribution in [0.5, 0.6) is 0 Å². The Morgan fingerprint density at radius 2 is 1.48 bits per heavy atom. The highest BCUT2D eigenvalue weighted by Crippen LogP contribution is 2.35. The predicted octanol–water partition coefficient (Wildman–Crippen LogP) is 4.51. The maximum Gasteiger partial charge on any atom is 0.471 e. The van der Waals surface area contributed by atoms with Gasteiger partial charge >= 0.3 is 12.1 Å². The molecular formula is C14H14F3I2NO. The van der Waals surface area contributed by atoms with Crippen molar-refractivity contribution >= 4 is 51.1 Å². The molecule has 0 fully saturated rings. The molecule has 2 rings (SSSR count). The molecule has 0 aliphatic carbocycles. The van der Waals surface area contributed by atoms with Gasteiger partial charge < -0.3 is 4.90 Å². The van der Waals surface area contributed by atoms with E-state index in [1.54, 1.807) is 0 Å². The van der Waals surface area contributed by atoms with E-state index >= 15 is 0 Å². The van der Waals surface area contributed by atoms with Gasteiger partial charge in [-0.05, 0) is 80.3 Å². The zero-order valence-electron chi connectivity index (χ0n) is 11.5. The Kier molecular flexibility index (Phi) is 5.11. The second-order valence-electron chi connectivity index (χ2n) is 5.41. The van der Waals surface area contributed by atoms with Crippen molar-refractivity contribution in [3.63, 3.8) is 0 Å². The first-order valence-corrected chi connectivity index (χ1v) is 8.62. The summed E-state index contributed by atoms with van der Waals surface area (Å²) in [7, 11) is 0. The zero-order chi connectivity index (χ0) is 15.9. The highest BCUT2D eigenvalue weighted by Gasteiger charge is 2.44. The largest absolute Gasteiger partial charge is 0.471 e. The van der Waals surface area contributed by atoms with Crippen LogP contribution in [0.2, 0.25) is 0 Å². The molecule has 1 aliphatic rings. The Morgan fingerprint density at radius 1 is 1.10 bits per heavy atom. The van der Waals surface area contributed by atoms with E-state index in [4.69, 9.17) is 0 Å². The lowest BCUT2D eigenvalue weighted by Gasteiger charge is -2.25. The number of fused-ring (bicyclic) bond motifs is 1. The topological polar surface area (TPSA) is 20.3 Å². The number of carbonyl (C=O) groups is 1. The monoisotopic (exact) mass is 523 g/mol. The lowest BCUT2D eigenvalue weighted by molar-refractivity contribution is -0.185. The number of hydrogen-bond donors (Lipinski definition) is 0. The molecule has 0 aromatic heterocycles. The average molecular weight is 523 g/mol. The van der Waals surface area contributed by atoms with Gasteiger partial charge in [0.2, 0.25) is 0 Å². The van der Waals surface area contributed by atoms with Gasteiger partial charge in [0.15, 0.2) is 0 Å². The van der Waals surface area contributed by atoms with Gasteiger partial charge in [-0.15, -0.1) is 0 Å². The van der Waals surface area contributed by atoms with Gasteiger partial charge in [-0.3, -0.25) is 4.79 Å². The normalized spacial score (nSPS) is 22.7. The Hall–Kier alpha value is -0.0600. The van der Waals surface area contributed by atoms with Crippen LogP contribution in [0.3, 0.4) is 0 Å². The molecule has 1 amide bonds. The molecule has 1 aliphatic heterocycles. The summed E-state index contributed by atoms with van der Waals surface area (Å²) in [6.45, 7) is 3.95. The van der Waals surface area contributed by atoms with Crippen LogP contribution in [0.1, 0.15) is 36.8 Å².